The molecule has 1 fully saturated rings. The SMILES string of the molecule is C[C@@H](NC(=O)NC[C@H]1CCCO1)c1ccc(Cl)s1. The predicted molar refractivity (Wildman–Crippen MR) is 73.3 cm³/mol. The molecule has 4 nitrogen and oxygen atoms in total. The first kappa shape index (κ1) is 13.6. The van der Waals surface area contributed by atoms with Gasteiger partial charge in [-0.2, -0.15) is 0 Å². The molecule has 18 heavy (non-hydrogen) atoms. The van der Waals surface area contributed by atoms with Gasteiger partial charge in [0.25, 0.3) is 0 Å². The van der Waals surface area contributed by atoms with Crippen molar-refractivity contribution in [2.45, 2.75) is 31.9 Å². The maximum atomic E-state index is 11.7. The van der Waals surface area contributed by atoms with Crippen molar-refractivity contribution in [2.75, 3.05) is 13.2 Å². The summed E-state index contributed by atoms with van der Waals surface area (Å²) in [6.07, 6.45) is 2.27. The van der Waals surface area contributed by atoms with Crippen LogP contribution in [0.4, 0.5) is 4.79 Å². The fourth-order valence-corrected chi connectivity index (χ4v) is 2.95. The lowest BCUT2D eigenvalue weighted by Crippen LogP contribution is -2.40. The Labute approximate surface area is 116 Å². The maximum Gasteiger partial charge on any atom is 0.315 e. The Balaban J connectivity index is 1.73. The first-order chi connectivity index (χ1) is 8.65. The first-order valence-corrected chi connectivity index (χ1v) is 7.26. The molecule has 0 bridgehead atoms. The van der Waals surface area contributed by atoms with Gasteiger partial charge in [-0.25, -0.2) is 4.79 Å². The van der Waals surface area contributed by atoms with Crippen LogP contribution in [0.1, 0.15) is 30.7 Å². The molecule has 0 spiro atoms. The highest BCUT2D eigenvalue weighted by Crippen LogP contribution is 2.26. The van der Waals surface area contributed by atoms with E-state index in [9.17, 15) is 4.79 Å². The Hall–Kier alpha value is -0.780. The standard InChI is InChI=1S/C12H17ClN2O2S/c1-8(10-4-5-11(13)18-10)15-12(16)14-7-9-3-2-6-17-9/h4-5,8-9H,2-3,6-7H2,1H3,(H2,14,15,16)/t8-,9-/m1/s1. The number of urea groups is 1. The van der Waals surface area contributed by atoms with E-state index in [1.807, 2.05) is 19.1 Å². The molecule has 1 aliphatic rings. The van der Waals surface area contributed by atoms with Crippen LogP contribution in [0.25, 0.3) is 0 Å². The molecule has 2 amide bonds. The topological polar surface area (TPSA) is 50.4 Å². The molecule has 0 aliphatic carbocycles. The molecule has 0 aromatic carbocycles. The molecule has 0 unspecified atom stereocenters. The van der Waals surface area contributed by atoms with Gasteiger partial charge >= 0.3 is 6.03 Å². The van der Waals surface area contributed by atoms with Crippen molar-refractivity contribution < 1.29 is 9.53 Å². The third-order valence-corrected chi connectivity index (χ3v) is 4.30. The summed E-state index contributed by atoms with van der Waals surface area (Å²) in [6, 6.07) is 3.57. The molecule has 1 aromatic heterocycles. The number of hydrogen-bond acceptors (Lipinski definition) is 3. The average molecular weight is 289 g/mol. The van der Waals surface area contributed by atoms with Crippen LogP contribution in [0, 0.1) is 0 Å². The van der Waals surface area contributed by atoms with Gasteiger partial charge < -0.3 is 15.4 Å². The zero-order valence-electron chi connectivity index (χ0n) is 10.2. The zero-order valence-corrected chi connectivity index (χ0v) is 11.8. The second kappa shape index (κ2) is 6.41. The van der Waals surface area contributed by atoms with Crippen molar-refractivity contribution in [3.8, 4) is 0 Å². The minimum absolute atomic E-state index is 0.0352. The second-order valence-electron chi connectivity index (χ2n) is 4.35. The minimum atomic E-state index is -0.164. The fraction of sp³-hybridized carbons (Fsp3) is 0.583. The Morgan fingerprint density at radius 1 is 1.67 bits per heavy atom. The maximum absolute atomic E-state index is 11.7. The quantitative estimate of drug-likeness (QED) is 0.895. The number of carbonyl (C=O) groups is 1. The van der Waals surface area contributed by atoms with Crippen molar-refractivity contribution in [2.24, 2.45) is 0 Å². The van der Waals surface area contributed by atoms with Gasteiger partial charge in [-0.15, -0.1) is 11.3 Å². The van der Waals surface area contributed by atoms with Crippen LogP contribution in [0.5, 0.6) is 0 Å². The number of hydrogen-bond donors (Lipinski definition) is 2. The van der Waals surface area contributed by atoms with Crippen LogP contribution < -0.4 is 10.6 Å². The highest BCUT2D eigenvalue weighted by Gasteiger charge is 2.17. The first-order valence-electron chi connectivity index (χ1n) is 6.06. The van der Waals surface area contributed by atoms with Crippen LogP contribution in [0.15, 0.2) is 12.1 Å². The summed E-state index contributed by atoms with van der Waals surface area (Å²) in [6.45, 7) is 3.32. The molecule has 2 rings (SSSR count). The van der Waals surface area contributed by atoms with E-state index in [1.54, 1.807) is 0 Å². The van der Waals surface area contributed by atoms with Gasteiger partial charge in [0.15, 0.2) is 0 Å². The molecule has 2 heterocycles. The van der Waals surface area contributed by atoms with Gasteiger partial charge in [0.1, 0.15) is 0 Å². The lowest BCUT2D eigenvalue weighted by molar-refractivity contribution is 0.111. The number of rotatable bonds is 4. The summed E-state index contributed by atoms with van der Waals surface area (Å²) in [5, 5.41) is 5.71. The largest absolute Gasteiger partial charge is 0.376 e. The van der Waals surface area contributed by atoms with Crippen molar-refractivity contribution in [3.63, 3.8) is 0 Å². The van der Waals surface area contributed by atoms with Gasteiger partial charge in [0, 0.05) is 18.0 Å². The summed E-state index contributed by atoms with van der Waals surface area (Å²) in [5.74, 6) is 0. The van der Waals surface area contributed by atoms with E-state index in [1.165, 1.54) is 11.3 Å². The van der Waals surface area contributed by atoms with Crippen molar-refractivity contribution in [3.05, 3.63) is 21.3 Å². The van der Waals surface area contributed by atoms with Crippen LogP contribution in [-0.4, -0.2) is 25.3 Å². The highest BCUT2D eigenvalue weighted by atomic mass is 35.5. The molecule has 2 atom stereocenters. The summed E-state index contributed by atoms with van der Waals surface area (Å²) >= 11 is 7.34. The van der Waals surface area contributed by atoms with Gasteiger partial charge in [-0.05, 0) is 31.9 Å². The molecule has 0 saturated carbocycles. The molecule has 2 N–H and O–H groups in total. The lowest BCUT2D eigenvalue weighted by atomic mass is 10.2. The van der Waals surface area contributed by atoms with E-state index in [-0.39, 0.29) is 18.2 Å². The number of ether oxygens (including phenoxy) is 1. The normalized spacial score (nSPS) is 20.7. The van der Waals surface area contributed by atoms with Crippen molar-refractivity contribution >= 4 is 29.0 Å². The second-order valence-corrected chi connectivity index (χ2v) is 6.10. The summed E-state index contributed by atoms with van der Waals surface area (Å²) in [7, 11) is 0. The third kappa shape index (κ3) is 3.86. The molecular formula is C12H17ClN2O2S. The van der Waals surface area contributed by atoms with Crippen LogP contribution >= 0.6 is 22.9 Å². The summed E-state index contributed by atoms with van der Waals surface area (Å²) in [4.78, 5) is 12.7. The van der Waals surface area contributed by atoms with Crippen LogP contribution in [-0.2, 0) is 4.74 Å². The zero-order chi connectivity index (χ0) is 13.0. The number of halogens is 1. The van der Waals surface area contributed by atoms with Gasteiger partial charge in [-0.1, -0.05) is 11.6 Å². The van der Waals surface area contributed by atoms with E-state index in [0.717, 1.165) is 28.7 Å². The smallest absolute Gasteiger partial charge is 0.315 e. The molecule has 1 aromatic rings. The average Bonchev–Trinajstić information content (AvgIpc) is 2.97. The van der Waals surface area contributed by atoms with E-state index in [4.69, 9.17) is 16.3 Å². The van der Waals surface area contributed by atoms with E-state index >= 15 is 0 Å². The number of amides is 2. The number of carbonyl (C=O) groups excluding carboxylic acids is 1. The fourth-order valence-electron chi connectivity index (χ4n) is 1.89. The van der Waals surface area contributed by atoms with E-state index in [2.05, 4.69) is 10.6 Å². The Bertz CT molecular complexity index is 405. The van der Waals surface area contributed by atoms with Gasteiger partial charge in [0.05, 0.1) is 16.5 Å². The molecule has 1 saturated heterocycles. The third-order valence-electron chi connectivity index (χ3n) is 2.88. The molecular weight excluding hydrogens is 272 g/mol. The van der Waals surface area contributed by atoms with E-state index < -0.39 is 0 Å². The van der Waals surface area contributed by atoms with Crippen LogP contribution in [0.3, 0.4) is 0 Å². The number of thiophene rings is 1. The molecule has 1 aliphatic heterocycles. The Morgan fingerprint density at radius 2 is 2.50 bits per heavy atom. The number of nitrogens with one attached hydrogen (secondary N) is 2. The van der Waals surface area contributed by atoms with E-state index in [0.29, 0.717) is 6.54 Å². The van der Waals surface area contributed by atoms with Gasteiger partial charge in [0.2, 0.25) is 0 Å². The molecule has 0 radical (unpaired) electrons. The summed E-state index contributed by atoms with van der Waals surface area (Å²) < 4.78 is 6.17. The Kier molecular flexibility index (Phi) is 4.86. The monoisotopic (exact) mass is 288 g/mol. The minimum Gasteiger partial charge on any atom is -0.376 e. The molecule has 6 heteroatoms. The van der Waals surface area contributed by atoms with Gasteiger partial charge in [-0.3, -0.25) is 0 Å². The van der Waals surface area contributed by atoms with Crippen molar-refractivity contribution in [1.82, 2.24) is 10.6 Å². The Morgan fingerprint density at radius 3 is 3.11 bits per heavy atom. The lowest BCUT2D eigenvalue weighted by Gasteiger charge is -2.15. The molecule has 100 valence electrons. The van der Waals surface area contributed by atoms with Crippen LogP contribution in [0.2, 0.25) is 4.34 Å². The highest BCUT2D eigenvalue weighted by molar-refractivity contribution is 7.16. The van der Waals surface area contributed by atoms with Crippen molar-refractivity contribution in [1.29, 1.82) is 0 Å². The predicted octanol–water partition coefficient (Wildman–Crippen LogP) is 2.94. The summed E-state index contributed by atoms with van der Waals surface area (Å²) in [5.41, 5.74) is 0.